The molecule has 0 aromatic heterocycles. The van der Waals surface area contributed by atoms with Gasteiger partial charge < -0.3 is 4.90 Å². The highest BCUT2D eigenvalue weighted by Gasteiger charge is 2.16. The number of carbonyl (C=O) groups excluding carboxylic acids is 1. The average Bonchev–Trinajstić information content (AvgIpc) is 2.28. The van der Waals surface area contributed by atoms with E-state index in [4.69, 9.17) is 23.2 Å². The van der Waals surface area contributed by atoms with E-state index in [0.717, 1.165) is 12.0 Å². The maximum Gasteiger partial charge on any atom is 0.255 e. The van der Waals surface area contributed by atoms with Crippen LogP contribution < -0.4 is 0 Å². The number of aryl methyl sites for hydroxylation is 1. The lowest BCUT2D eigenvalue weighted by atomic mass is 10.1. The monoisotopic (exact) mass is 273 g/mol. The van der Waals surface area contributed by atoms with Gasteiger partial charge in [-0.25, -0.2) is 0 Å². The molecule has 0 spiro atoms. The first-order valence-corrected chi connectivity index (χ1v) is 6.39. The van der Waals surface area contributed by atoms with Gasteiger partial charge in [0.25, 0.3) is 5.91 Å². The Labute approximate surface area is 113 Å². The van der Waals surface area contributed by atoms with Gasteiger partial charge in [-0.3, -0.25) is 4.79 Å². The molecule has 1 aromatic rings. The highest BCUT2D eigenvalue weighted by atomic mass is 35.5. The quantitative estimate of drug-likeness (QED) is 0.766. The first-order chi connectivity index (χ1) is 7.93. The van der Waals surface area contributed by atoms with E-state index in [1.54, 1.807) is 18.0 Å². The molecule has 2 nitrogen and oxygen atoms in total. The van der Waals surface area contributed by atoms with Crippen LogP contribution in [0.5, 0.6) is 0 Å². The van der Waals surface area contributed by atoms with Crippen LogP contribution in [-0.4, -0.2) is 29.8 Å². The Morgan fingerprint density at radius 1 is 1.47 bits per heavy atom. The highest BCUT2D eigenvalue weighted by Crippen LogP contribution is 2.21. The third-order valence-electron chi connectivity index (χ3n) is 2.63. The van der Waals surface area contributed by atoms with Crippen molar-refractivity contribution in [1.82, 2.24) is 4.90 Å². The van der Waals surface area contributed by atoms with Gasteiger partial charge in [0.2, 0.25) is 0 Å². The lowest BCUT2D eigenvalue weighted by Crippen LogP contribution is -2.29. The molecule has 0 aliphatic heterocycles. The van der Waals surface area contributed by atoms with Crippen molar-refractivity contribution in [3.8, 4) is 0 Å². The van der Waals surface area contributed by atoms with Crippen molar-refractivity contribution in [1.29, 1.82) is 0 Å². The molecule has 0 fully saturated rings. The molecule has 94 valence electrons. The fraction of sp³-hybridized carbons (Fsp3) is 0.462. The van der Waals surface area contributed by atoms with Crippen molar-refractivity contribution >= 4 is 29.1 Å². The van der Waals surface area contributed by atoms with Crippen LogP contribution in [0.2, 0.25) is 5.02 Å². The molecule has 0 N–H and O–H groups in total. The molecule has 4 heteroatoms. The van der Waals surface area contributed by atoms with Crippen molar-refractivity contribution in [3.63, 3.8) is 0 Å². The van der Waals surface area contributed by atoms with E-state index in [2.05, 4.69) is 0 Å². The Hall–Kier alpha value is -0.730. The molecule has 0 bridgehead atoms. The van der Waals surface area contributed by atoms with E-state index in [0.29, 0.717) is 17.1 Å². The second-order valence-electron chi connectivity index (χ2n) is 4.23. The van der Waals surface area contributed by atoms with Gasteiger partial charge in [-0.2, -0.15) is 0 Å². The number of rotatable bonds is 4. The third-order valence-corrected chi connectivity index (χ3v) is 3.35. The number of hydrogen-bond acceptors (Lipinski definition) is 1. The second-order valence-corrected chi connectivity index (χ2v) is 5.36. The predicted molar refractivity (Wildman–Crippen MR) is 73.1 cm³/mol. The van der Waals surface area contributed by atoms with Crippen molar-refractivity contribution in [2.75, 3.05) is 13.6 Å². The molecular weight excluding hydrogens is 257 g/mol. The van der Waals surface area contributed by atoms with E-state index in [9.17, 15) is 4.79 Å². The van der Waals surface area contributed by atoms with Gasteiger partial charge in [-0.1, -0.05) is 23.7 Å². The SMILES string of the molecule is Cc1cccc(C(=O)N(C)CCC(C)Cl)c1Cl. The van der Waals surface area contributed by atoms with Crippen molar-refractivity contribution < 1.29 is 4.79 Å². The van der Waals surface area contributed by atoms with Gasteiger partial charge in [0, 0.05) is 19.0 Å². The molecular formula is C13H17Cl2NO. The molecule has 0 heterocycles. The first kappa shape index (κ1) is 14.3. The Morgan fingerprint density at radius 3 is 2.71 bits per heavy atom. The molecule has 1 rings (SSSR count). The molecule has 1 unspecified atom stereocenters. The van der Waals surface area contributed by atoms with Crippen molar-refractivity contribution in [2.24, 2.45) is 0 Å². The fourth-order valence-electron chi connectivity index (χ4n) is 1.49. The Morgan fingerprint density at radius 2 is 2.12 bits per heavy atom. The summed E-state index contributed by atoms with van der Waals surface area (Å²) >= 11 is 12.0. The van der Waals surface area contributed by atoms with Crippen molar-refractivity contribution in [2.45, 2.75) is 25.6 Å². The molecule has 1 amide bonds. The lowest BCUT2D eigenvalue weighted by Gasteiger charge is -2.19. The summed E-state index contributed by atoms with van der Waals surface area (Å²) in [5, 5.41) is 0.599. The third kappa shape index (κ3) is 3.90. The maximum absolute atomic E-state index is 12.1. The van der Waals surface area contributed by atoms with Crippen LogP contribution in [0, 0.1) is 6.92 Å². The van der Waals surface area contributed by atoms with Gasteiger partial charge in [0.05, 0.1) is 10.6 Å². The summed E-state index contributed by atoms with van der Waals surface area (Å²) in [5.41, 5.74) is 1.47. The number of halogens is 2. The minimum absolute atomic E-state index is 0.0592. The van der Waals surface area contributed by atoms with Gasteiger partial charge in [-0.05, 0) is 31.9 Å². The summed E-state index contributed by atoms with van der Waals surface area (Å²) in [6, 6.07) is 5.48. The summed E-state index contributed by atoms with van der Waals surface area (Å²) in [4.78, 5) is 13.8. The fourth-order valence-corrected chi connectivity index (χ4v) is 1.80. The molecule has 0 aliphatic rings. The van der Waals surface area contributed by atoms with Crippen LogP contribution in [0.15, 0.2) is 18.2 Å². The van der Waals surface area contributed by atoms with Gasteiger partial charge in [-0.15, -0.1) is 11.6 Å². The van der Waals surface area contributed by atoms with E-state index in [1.165, 1.54) is 0 Å². The lowest BCUT2D eigenvalue weighted by molar-refractivity contribution is 0.0794. The average molecular weight is 274 g/mol. The number of alkyl halides is 1. The van der Waals surface area contributed by atoms with E-state index in [-0.39, 0.29) is 11.3 Å². The number of nitrogens with zero attached hydrogens (tertiary/aromatic N) is 1. The maximum atomic E-state index is 12.1. The van der Waals surface area contributed by atoms with Crippen LogP contribution >= 0.6 is 23.2 Å². The molecule has 0 saturated heterocycles. The number of benzene rings is 1. The summed E-state index contributed by atoms with van der Waals surface area (Å²) in [6.07, 6.45) is 0.771. The number of hydrogen-bond donors (Lipinski definition) is 0. The molecule has 1 atom stereocenters. The summed E-state index contributed by atoms with van der Waals surface area (Å²) in [5.74, 6) is -0.0592. The number of carbonyl (C=O) groups is 1. The van der Waals surface area contributed by atoms with Gasteiger partial charge >= 0.3 is 0 Å². The highest BCUT2D eigenvalue weighted by molar-refractivity contribution is 6.34. The van der Waals surface area contributed by atoms with Gasteiger partial charge in [0.15, 0.2) is 0 Å². The van der Waals surface area contributed by atoms with E-state index in [1.807, 2.05) is 26.0 Å². The first-order valence-electron chi connectivity index (χ1n) is 5.58. The Kier molecular flexibility index (Phi) is 5.29. The standard InChI is InChI=1S/C13H17Cl2NO/c1-9-5-4-6-11(12(9)15)13(17)16(3)8-7-10(2)14/h4-6,10H,7-8H2,1-3H3. The minimum atomic E-state index is -0.0592. The molecule has 0 radical (unpaired) electrons. The predicted octanol–water partition coefficient (Wildman–Crippen LogP) is 3.74. The van der Waals surface area contributed by atoms with Crippen LogP contribution in [0.4, 0.5) is 0 Å². The summed E-state index contributed by atoms with van der Waals surface area (Å²) in [6.45, 7) is 4.44. The second kappa shape index (κ2) is 6.27. The molecule has 0 saturated carbocycles. The van der Waals surface area contributed by atoms with Crippen LogP contribution in [0.3, 0.4) is 0 Å². The Balaban J connectivity index is 2.78. The summed E-state index contributed by atoms with van der Waals surface area (Å²) < 4.78 is 0. The zero-order valence-electron chi connectivity index (χ0n) is 10.3. The zero-order valence-corrected chi connectivity index (χ0v) is 11.8. The largest absolute Gasteiger partial charge is 0.342 e. The van der Waals surface area contributed by atoms with Crippen LogP contribution in [-0.2, 0) is 0 Å². The number of amides is 1. The summed E-state index contributed by atoms with van der Waals surface area (Å²) in [7, 11) is 1.76. The normalized spacial score (nSPS) is 12.3. The zero-order chi connectivity index (χ0) is 13.0. The van der Waals surface area contributed by atoms with E-state index < -0.39 is 0 Å². The van der Waals surface area contributed by atoms with Crippen LogP contribution in [0.1, 0.15) is 29.3 Å². The topological polar surface area (TPSA) is 20.3 Å². The van der Waals surface area contributed by atoms with Crippen LogP contribution in [0.25, 0.3) is 0 Å². The van der Waals surface area contributed by atoms with E-state index >= 15 is 0 Å². The van der Waals surface area contributed by atoms with Gasteiger partial charge in [0.1, 0.15) is 0 Å². The smallest absolute Gasteiger partial charge is 0.255 e. The minimum Gasteiger partial charge on any atom is -0.342 e. The molecule has 17 heavy (non-hydrogen) atoms. The van der Waals surface area contributed by atoms with Crippen molar-refractivity contribution in [3.05, 3.63) is 34.3 Å². The molecule has 1 aromatic carbocycles. The Bertz CT molecular complexity index is 404. The molecule has 0 aliphatic carbocycles.